The molecule has 5 aromatic rings. The summed E-state index contributed by atoms with van der Waals surface area (Å²) in [6.07, 6.45) is 4.35. The Labute approximate surface area is 328 Å². The molecule has 4 aromatic carbocycles. The standard InChI is InChI=1S/C41H40Cl2N6O6/c1-24-27(23-55-40-13-38(53-2)28(15-45)10-35(40)43)5-3-6-31(24)32-7-4-8-36(33(32)16-46)48-19-29-12-39(54-22-26-9-25(14-44)17-47-18-26)30(11-34(29)42)20-49-37(21-50)41(51)52/h3-13,16-18,37,46,48-50H,15,19-23,45H2,1-2H3,(H,51,52). The van der Waals surface area contributed by atoms with Gasteiger partial charge in [0.05, 0.1) is 24.3 Å². The Morgan fingerprint density at radius 1 is 0.945 bits per heavy atom. The van der Waals surface area contributed by atoms with Crippen LogP contribution >= 0.6 is 23.2 Å². The molecule has 1 aromatic heterocycles. The van der Waals surface area contributed by atoms with E-state index in [1.54, 1.807) is 43.6 Å². The quantitative estimate of drug-likeness (QED) is 0.0501. The smallest absolute Gasteiger partial charge is 0.323 e. The molecule has 0 radical (unpaired) electrons. The molecule has 1 atom stereocenters. The topological polar surface area (TPSA) is 196 Å². The van der Waals surface area contributed by atoms with Crippen molar-refractivity contribution in [2.24, 2.45) is 5.73 Å². The SMILES string of the molecule is COc1cc(OCc2cccc(-c3cccc(NCc4cc(OCc5cncc(C#N)c5)c(CNC(CO)C(=O)O)cc4Cl)c3C=N)c2C)c(Cl)cc1CN. The molecule has 55 heavy (non-hydrogen) atoms. The number of hydrogen-bond acceptors (Lipinski definition) is 11. The van der Waals surface area contributed by atoms with E-state index in [9.17, 15) is 20.3 Å². The second kappa shape index (κ2) is 19.1. The summed E-state index contributed by atoms with van der Waals surface area (Å²) in [5, 5.41) is 43.7. The van der Waals surface area contributed by atoms with Crippen LogP contribution in [0.15, 0.2) is 79.1 Å². The number of rotatable bonds is 18. The number of nitrogens with two attached hydrogens (primary N) is 1. The number of carboxylic acids is 1. The van der Waals surface area contributed by atoms with Gasteiger partial charge in [-0.05, 0) is 65.1 Å². The fourth-order valence-corrected chi connectivity index (χ4v) is 6.41. The Kier molecular flexibility index (Phi) is 14.0. The van der Waals surface area contributed by atoms with E-state index in [1.807, 2.05) is 43.3 Å². The summed E-state index contributed by atoms with van der Waals surface area (Å²) in [5.74, 6) is 0.291. The molecule has 0 bridgehead atoms. The fourth-order valence-electron chi connectivity index (χ4n) is 5.92. The van der Waals surface area contributed by atoms with Gasteiger partial charge in [0.2, 0.25) is 0 Å². The van der Waals surface area contributed by atoms with Crippen molar-refractivity contribution in [3.8, 4) is 34.4 Å². The summed E-state index contributed by atoms with van der Waals surface area (Å²) < 4.78 is 17.8. The number of carboxylic acid groups (broad SMARTS) is 1. The number of pyridine rings is 1. The first kappa shape index (κ1) is 40.5. The minimum Gasteiger partial charge on any atom is -0.496 e. The van der Waals surface area contributed by atoms with Crippen LogP contribution < -0.4 is 30.6 Å². The number of benzene rings is 4. The number of aliphatic hydroxyl groups excluding tert-OH is 1. The first-order chi connectivity index (χ1) is 26.6. The summed E-state index contributed by atoms with van der Waals surface area (Å²) in [4.78, 5) is 15.6. The highest BCUT2D eigenvalue weighted by molar-refractivity contribution is 6.32. The van der Waals surface area contributed by atoms with Gasteiger partial charge < -0.3 is 40.9 Å². The molecule has 284 valence electrons. The second-order valence-electron chi connectivity index (χ2n) is 12.4. The molecule has 5 rings (SSSR count). The Morgan fingerprint density at radius 3 is 2.40 bits per heavy atom. The van der Waals surface area contributed by atoms with E-state index in [4.69, 9.17) is 48.6 Å². The van der Waals surface area contributed by atoms with E-state index < -0.39 is 18.6 Å². The number of nitrogens with one attached hydrogen (secondary N) is 3. The summed E-state index contributed by atoms with van der Waals surface area (Å²) in [7, 11) is 1.57. The summed E-state index contributed by atoms with van der Waals surface area (Å²) in [5.41, 5.74) is 13.9. The summed E-state index contributed by atoms with van der Waals surface area (Å²) in [6, 6.07) is 21.1. The first-order valence-corrected chi connectivity index (χ1v) is 17.9. The fraction of sp³-hybridized carbons (Fsp3) is 0.220. The van der Waals surface area contributed by atoms with Crippen molar-refractivity contribution in [3.63, 3.8) is 0 Å². The Hall–Kier alpha value is -5.68. The number of aromatic nitrogens is 1. The van der Waals surface area contributed by atoms with Crippen molar-refractivity contribution in [1.29, 1.82) is 10.7 Å². The summed E-state index contributed by atoms with van der Waals surface area (Å²) in [6.45, 7) is 2.31. The number of nitrogens with zero attached hydrogens (tertiary/aromatic N) is 2. The molecule has 0 saturated heterocycles. The van der Waals surface area contributed by atoms with Crippen molar-refractivity contribution < 1.29 is 29.2 Å². The zero-order chi connectivity index (χ0) is 39.5. The number of methoxy groups -OCH3 is 1. The number of anilines is 1. The normalized spacial score (nSPS) is 11.4. The molecule has 0 aliphatic heterocycles. The van der Waals surface area contributed by atoms with Crippen LogP contribution in [0.4, 0.5) is 5.69 Å². The van der Waals surface area contributed by atoms with Crippen molar-refractivity contribution >= 4 is 41.1 Å². The molecule has 1 heterocycles. The molecule has 0 aliphatic carbocycles. The predicted molar refractivity (Wildman–Crippen MR) is 212 cm³/mol. The van der Waals surface area contributed by atoms with Crippen LogP contribution in [0.2, 0.25) is 10.0 Å². The van der Waals surface area contributed by atoms with Gasteiger partial charge in [0, 0.05) is 77.3 Å². The van der Waals surface area contributed by atoms with Gasteiger partial charge in [0.25, 0.3) is 0 Å². The molecular weight excluding hydrogens is 743 g/mol. The minimum absolute atomic E-state index is 0.0437. The van der Waals surface area contributed by atoms with Crippen LogP contribution in [0.25, 0.3) is 11.1 Å². The lowest BCUT2D eigenvalue weighted by Crippen LogP contribution is -2.39. The van der Waals surface area contributed by atoms with Crippen LogP contribution in [0.3, 0.4) is 0 Å². The predicted octanol–water partition coefficient (Wildman–Crippen LogP) is 7.01. The first-order valence-electron chi connectivity index (χ1n) is 17.1. The van der Waals surface area contributed by atoms with Crippen LogP contribution in [0, 0.1) is 23.7 Å². The van der Waals surface area contributed by atoms with Gasteiger partial charge in [-0.15, -0.1) is 0 Å². The maximum atomic E-state index is 11.5. The highest BCUT2D eigenvalue weighted by atomic mass is 35.5. The number of aliphatic hydroxyl groups is 1. The second-order valence-corrected chi connectivity index (χ2v) is 13.2. The molecule has 1 unspecified atom stereocenters. The molecule has 0 aliphatic rings. The molecule has 7 N–H and O–H groups in total. The van der Waals surface area contributed by atoms with Gasteiger partial charge in [-0.3, -0.25) is 15.1 Å². The number of carbonyl (C=O) groups is 1. The van der Waals surface area contributed by atoms with Gasteiger partial charge in [-0.2, -0.15) is 5.26 Å². The number of ether oxygens (including phenoxy) is 3. The van der Waals surface area contributed by atoms with Crippen molar-refractivity contribution in [1.82, 2.24) is 10.3 Å². The molecule has 0 amide bonds. The van der Waals surface area contributed by atoms with E-state index in [0.29, 0.717) is 60.8 Å². The van der Waals surface area contributed by atoms with Crippen molar-refractivity contribution in [2.75, 3.05) is 19.0 Å². The molecular formula is C41H40Cl2N6O6. The molecule has 0 spiro atoms. The number of hydrogen-bond donors (Lipinski definition) is 6. The third-order valence-electron chi connectivity index (χ3n) is 8.96. The maximum absolute atomic E-state index is 11.5. The molecule has 14 heteroatoms. The van der Waals surface area contributed by atoms with Gasteiger partial charge >= 0.3 is 5.97 Å². The van der Waals surface area contributed by atoms with E-state index >= 15 is 0 Å². The zero-order valence-corrected chi connectivity index (χ0v) is 31.7. The molecule has 0 saturated carbocycles. The third-order valence-corrected chi connectivity index (χ3v) is 9.61. The highest BCUT2D eigenvalue weighted by Gasteiger charge is 2.19. The third kappa shape index (κ3) is 9.90. The lowest BCUT2D eigenvalue weighted by Gasteiger charge is -2.19. The van der Waals surface area contributed by atoms with E-state index in [2.05, 4.69) is 21.7 Å². The largest absolute Gasteiger partial charge is 0.496 e. The summed E-state index contributed by atoms with van der Waals surface area (Å²) >= 11 is 13.3. The van der Waals surface area contributed by atoms with Crippen LogP contribution in [0.1, 0.15) is 44.5 Å². The number of halogens is 2. The lowest BCUT2D eigenvalue weighted by atomic mass is 9.92. The molecule has 0 fully saturated rings. The van der Waals surface area contributed by atoms with Crippen LogP contribution in [-0.2, 0) is 37.6 Å². The Balaban J connectivity index is 1.39. The van der Waals surface area contributed by atoms with Gasteiger partial charge in [-0.1, -0.05) is 53.5 Å². The monoisotopic (exact) mass is 782 g/mol. The van der Waals surface area contributed by atoms with Crippen molar-refractivity contribution in [2.45, 2.75) is 45.8 Å². The zero-order valence-electron chi connectivity index (χ0n) is 30.2. The molecule has 12 nitrogen and oxygen atoms in total. The number of nitriles is 1. The Bertz CT molecular complexity index is 2230. The van der Waals surface area contributed by atoms with E-state index in [1.165, 1.54) is 12.4 Å². The van der Waals surface area contributed by atoms with Gasteiger partial charge in [0.1, 0.15) is 42.6 Å². The average Bonchev–Trinajstić information content (AvgIpc) is 3.19. The van der Waals surface area contributed by atoms with Crippen LogP contribution in [0.5, 0.6) is 17.2 Å². The highest BCUT2D eigenvalue weighted by Crippen LogP contribution is 2.36. The van der Waals surface area contributed by atoms with Crippen molar-refractivity contribution in [3.05, 3.63) is 134 Å². The maximum Gasteiger partial charge on any atom is 0.323 e. The minimum atomic E-state index is -1.20. The lowest BCUT2D eigenvalue weighted by molar-refractivity contribution is -0.140. The van der Waals surface area contributed by atoms with Crippen LogP contribution in [-0.4, -0.2) is 47.1 Å². The van der Waals surface area contributed by atoms with Gasteiger partial charge in [0.15, 0.2) is 0 Å². The van der Waals surface area contributed by atoms with Gasteiger partial charge in [-0.25, -0.2) is 0 Å². The van der Waals surface area contributed by atoms with E-state index in [0.717, 1.165) is 27.8 Å². The van der Waals surface area contributed by atoms with E-state index in [-0.39, 0.29) is 32.8 Å². The number of aliphatic carboxylic acids is 1. The Morgan fingerprint density at radius 2 is 1.69 bits per heavy atom. The average molecular weight is 784 g/mol.